The first kappa shape index (κ1) is 23.8. The summed E-state index contributed by atoms with van der Waals surface area (Å²) < 4.78 is 0. The number of carbonyl (C=O) groups is 1. The molecule has 1 heterocycles. The molecule has 6 rings (SSSR count). The van der Waals surface area contributed by atoms with E-state index in [9.17, 15) is 15.0 Å². The summed E-state index contributed by atoms with van der Waals surface area (Å²) in [7, 11) is 0. The summed E-state index contributed by atoms with van der Waals surface area (Å²) in [6, 6.07) is 13.0. The maximum Gasteiger partial charge on any atom is 0.156 e. The van der Waals surface area contributed by atoms with Gasteiger partial charge in [0.05, 0.1) is 5.60 Å². The molecule has 0 bridgehead atoms. The van der Waals surface area contributed by atoms with Crippen molar-refractivity contribution in [2.75, 3.05) is 6.61 Å². The quantitative estimate of drug-likeness (QED) is 0.535. The van der Waals surface area contributed by atoms with E-state index in [-0.39, 0.29) is 23.7 Å². The Hall–Kier alpha value is -2.56. The Morgan fingerprint density at radius 3 is 2.64 bits per heavy atom. The third-order valence-electron chi connectivity index (χ3n) is 10.1. The number of carbonyl (C=O) groups excluding carboxylic acids is 1. The molecule has 1 aromatic heterocycles. The van der Waals surface area contributed by atoms with Gasteiger partial charge in [-0.3, -0.25) is 9.78 Å². The molecular weight excluding hydrogens is 446 g/mol. The summed E-state index contributed by atoms with van der Waals surface area (Å²) in [6.07, 6.45) is 13.2. The molecule has 4 aliphatic carbocycles. The Kier molecular flexibility index (Phi) is 6.00. The van der Waals surface area contributed by atoms with Crippen molar-refractivity contribution >= 4 is 5.78 Å². The normalized spacial score (nSPS) is 33.6. The fraction of sp³-hybridized carbons (Fsp3) is 0.500. The van der Waals surface area contributed by atoms with Gasteiger partial charge in [-0.2, -0.15) is 0 Å². The molecule has 36 heavy (non-hydrogen) atoms. The fourth-order valence-corrected chi connectivity index (χ4v) is 8.28. The lowest BCUT2D eigenvalue weighted by Crippen LogP contribution is -2.51. The van der Waals surface area contributed by atoms with Crippen LogP contribution in [0.3, 0.4) is 0 Å². The smallest absolute Gasteiger partial charge is 0.156 e. The number of aliphatic hydroxyl groups excluding tert-OH is 1. The van der Waals surface area contributed by atoms with E-state index in [2.05, 4.69) is 42.2 Å². The molecule has 0 aliphatic heterocycles. The minimum atomic E-state index is -0.733. The van der Waals surface area contributed by atoms with Crippen molar-refractivity contribution in [3.8, 4) is 11.1 Å². The molecule has 0 radical (unpaired) electrons. The number of ketones is 1. The van der Waals surface area contributed by atoms with Gasteiger partial charge in [0.1, 0.15) is 0 Å². The molecule has 4 aliphatic rings. The van der Waals surface area contributed by atoms with Crippen molar-refractivity contribution in [2.45, 2.75) is 76.2 Å². The summed E-state index contributed by atoms with van der Waals surface area (Å²) in [5.41, 5.74) is 6.94. The number of aliphatic hydroxyl groups is 2. The van der Waals surface area contributed by atoms with Crippen molar-refractivity contribution in [1.29, 1.82) is 0 Å². The summed E-state index contributed by atoms with van der Waals surface area (Å²) in [5, 5.41) is 21.6. The lowest BCUT2D eigenvalue weighted by molar-refractivity contribution is -0.114. The Morgan fingerprint density at radius 1 is 1.06 bits per heavy atom. The lowest BCUT2D eigenvalue weighted by Gasteiger charge is -2.55. The zero-order valence-corrected chi connectivity index (χ0v) is 21.2. The van der Waals surface area contributed by atoms with Gasteiger partial charge in [-0.1, -0.05) is 42.8 Å². The summed E-state index contributed by atoms with van der Waals surface area (Å²) in [4.78, 5) is 16.5. The van der Waals surface area contributed by atoms with Gasteiger partial charge in [-0.15, -0.1) is 0 Å². The number of aromatic nitrogens is 1. The van der Waals surface area contributed by atoms with Crippen molar-refractivity contribution in [2.24, 2.45) is 17.3 Å². The molecule has 2 saturated carbocycles. The third-order valence-corrected chi connectivity index (χ3v) is 10.1. The van der Waals surface area contributed by atoms with E-state index in [1.165, 1.54) is 16.7 Å². The molecule has 0 saturated heterocycles. The number of hydrogen-bond acceptors (Lipinski definition) is 4. The van der Waals surface area contributed by atoms with E-state index >= 15 is 0 Å². The zero-order chi connectivity index (χ0) is 24.9. The van der Waals surface area contributed by atoms with E-state index in [1.807, 2.05) is 18.3 Å². The monoisotopic (exact) mass is 483 g/mol. The predicted molar refractivity (Wildman–Crippen MR) is 141 cm³/mol. The van der Waals surface area contributed by atoms with Crippen LogP contribution < -0.4 is 0 Å². The number of rotatable bonds is 5. The second-order valence-electron chi connectivity index (χ2n) is 11.8. The lowest BCUT2D eigenvalue weighted by atomic mass is 9.51. The second kappa shape index (κ2) is 9.08. The highest BCUT2D eigenvalue weighted by Gasteiger charge is 2.62. The molecule has 0 spiro atoms. The van der Waals surface area contributed by atoms with Crippen LogP contribution in [0.25, 0.3) is 11.1 Å². The van der Waals surface area contributed by atoms with Gasteiger partial charge in [-0.25, -0.2) is 0 Å². The molecule has 0 amide bonds. The van der Waals surface area contributed by atoms with Crippen LogP contribution in [-0.2, 0) is 4.79 Å². The van der Waals surface area contributed by atoms with Gasteiger partial charge in [0.2, 0.25) is 0 Å². The first-order chi connectivity index (χ1) is 17.4. The van der Waals surface area contributed by atoms with Crippen LogP contribution in [-0.4, -0.2) is 33.2 Å². The molecule has 2 N–H and O–H groups in total. The molecule has 188 valence electrons. The number of hydrogen-bond donors (Lipinski definition) is 2. The standard InChI is InChI=1S/C32H37NO3/c1-31-19-28(22-7-5-21(6-8-22)24-4-2-16-33-20-24)30-26-12-10-25(35)18-23(26)9-11-27(30)29(31)13-15-32(31,36)14-3-17-34/h2,4-8,16,18,20,27-29,34,36H,3,9-15,17,19H2,1H3/t27-,28+,29-,31+,32+/m0/s1. The largest absolute Gasteiger partial charge is 0.396 e. The zero-order valence-electron chi connectivity index (χ0n) is 21.2. The van der Waals surface area contributed by atoms with E-state index < -0.39 is 5.60 Å². The van der Waals surface area contributed by atoms with E-state index in [1.54, 1.807) is 11.8 Å². The van der Waals surface area contributed by atoms with Crippen molar-refractivity contribution in [3.63, 3.8) is 0 Å². The molecule has 0 unspecified atom stereocenters. The summed E-state index contributed by atoms with van der Waals surface area (Å²) in [5.74, 6) is 1.42. The Balaban J connectivity index is 1.45. The maximum absolute atomic E-state index is 12.3. The molecule has 1 aromatic carbocycles. The van der Waals surface area contributed by atoms with Crippen LogP contribution in [0.2, 0.25) is 0 Å². The van der Waals surface area contributed by atoms with Crippen molar-refractivity contribution < 1.29 is 15.0 Å². The van der Waals surface area contributed by atoms with Crippen molar-refractivity contribution in [1.82, 2.24) is 4.98 Å². The number of nitrogens with zero attached hydrogens (tertiary/aromatic N) is 1. The van der Waals surface area contributed by atoms with Crippen LogP contribution in [0.4, 0.5) is 0 Å². The van der Waals surface area contributed by atoms with Crippen molar-refractivity contribution in [3.05, 3.63) is 77.2 Å². The third kappa shape index (κ3) is 3.72. The highest BCUT2D eigenvalue weighted by molar-refractivity contribution is 5.93. The molecule has 2 fully saturated rings. The molecule has 2 aromatic rings. The first-order valence-electron chi connectivity index (χ1n) is 13.7. The Labute approximate surface area is 214 Å². The number of pyridine rings is 1. The van der Waals surface area contributed by atoms with E-state index in [0.29, 0.717) is 31.1 Å². The molecule has 4 heteroatoms. The Bertz CT molecular complexity index is 1210. The summed E-state index contributed by atoms with van der Waals surface area (Å²) in [6.45, 7) is 2.46. The van der Waals surface area contributed by atoms with Crippen LogP contribution >= 0.6 is 0 Å². The SMILES string of the molecule is C[C@@]12C[C@H](c3ccc(-c4cccnc4)cc3)C3=C4CCC(=O)C=C4CC[C@H]3[C@@H]1CC[C@]2(O)CCCO. The minimum absolute atomic E-state index is 0.128. The van der Waals surface area contributed by atoms with E-state index in [0.717, 1.165) is 49.7 Å². The highest BCUT2D eigenvalue weighted by Crippen LogP contribution is 2.67. The van der Waals surface area contributed by atoms with Gasteiger partial charge >= 0.3 is 0 Å². The first-order valence-corrected chi connectivity index (χ1v) is 13.7. The van der Waals surface area contributed by atoms with Crippen LogP contribution in [0, 0.1) is 17.3 Å². The van der Waals surface area contributed by atoms with Crippen LogP contribution in [0.1, 0.15) is 76.2 Å². The molecular formula is C32H37NO3. The maximum atomic E-state index is 12.3. The Morgan fingerprint density at radius 2 is 1.89 bits per heavy atom. The topological polar surface area (TPSA) is 70.4 Å². The molecule has 4 nitrogen and oxygen atoms in total. The van der Waals surface area contributed by atoms with Gasteiger partial charge in [0.15, 0.2) is 5.78 Å². The van der Waals surface area contributed by atoms with Gasteiger partial charge < -0.3 is 10.2 Å². The number of allylic oxidation sites excluding steroid dienone is 4. The highest BCUT2D eigenvalue weighted by atomic mass is 16.3. The van der Waals surface area contributed by atoms with Gasteiger partial charge in [-0.05, 0) is 103 Å². The second-order valence-corrected chi connectivity index (χ2v) is 11.8. The number of fused-ring (bicyclic) bond motifs is 4. The average molecular weight is 484 g/mol. The average Bonchev–Trinajstić information content (AvgIpc) is 3.17. The number of benzene rings is 1. The van der Waals surface area contributed by atoms with Crippen LogP contribution in [0.5, 0.6) is 0 Å². The fourth-order valence-electron chi connectivity index (χ4n) is 8.28. The van der Waals surface area contributed by atoms with Crippen LogP contribution in [0.15, 0.2) is 71.6 Å². The molecule has 5 atom stereocenters. The van der Waals surface area contributed by atoms with Gasteiger partial charge in [0, 0.05) is 36.8 Å². The predicted octanol–water partition coefficient (Wildman–Crippen LogP) is 6.15. The van der Waals surface area contributed by atoms with E-state index in [4.69, 9.17) is 0 Å². The summed E-state index contributed by atoms with van der Waals surface area (Å²) >= 11 is 0. The minimum Gasteiger partial charge on any atom is -0.396 e. The van der Waals surface area contributed by atoms with Gasteiger partial charge in [0.25, 0.3) is 0 Å².